The predicted octanol–water partition coefficient (Wildman–Crippen LogP) is 1.87. The Hall–Kier alpha value is -1.90. The molecule has 0 aliphatic heterocycles. The minimum Gasteiger partial charge on any atom is -0.367 e. The van der Waals surface area contributed by atoms with Gasteiger partial charge < -0.3 is 9.69 Å². The first kappa shape index (κ1) is 9.65. The molecule has 3 heteroatoms. The van der Waals surface area contributed by atoms with E-state index in [4.69, 9.17) is 0 Å². The molecule has 76 valence electrons. The highest BCUT2D eigenvalue weighted by Crippen LogP contribution is 2.23. The van der Waals surface area contributed by atoms with Crippen LogP contribution in [0.2, 0.25) is 0 Å². The number of nitrogens with zero attached hydrogens (tertiary/aromatic N) is 2. The number of carbonyl (C=O) groups is 1. The molecule has 0 saturated carbocycles. The Morgan fingerprint density at radius 1 is 1.33 bits per heavy atom. The quantitative estimate of drug-likeness (QED) is 0.709. The molecule has 0 saturated heterocycles. The highest BCUT2D eigenvalue weighted by Gasteiger charge is 2.04. The predicted molar refractivity (Wildman–Crippen MR) is 61.1 cm³/mol. The van der Waals surface area contributed by atoms with E-state index in [0.29, 0.717) is 6.54 Å². The third-order valence-corrected chi connectivity index (χ3v) is 2.39. The molecule has 3 nitrogen and oxygen atoms in total. The summed E-state index contributed by atoms with van der Waals surface area (Å²) < 4.78 is 0. The number of carbonyl (C=O) groups excluding carboxylic acids is 1. The van der Waals surface area contributed by atoms with Gasteiger partial charge in [0.05, 0.1) is 12.1 Å². The maximum Gasteiger partial charge on any atom is 0.139 e. The molecule has 2 aromatic rings. The minimum absolute atomic E-state index is 0.397. The summed E-state index contributed by atoms with van der Waals surface area (Å²) in [6.07, 6.45) is 2.66. The second kappa shape index (κ2) is 4.09. The van der Waals surface area contributed by atoms with Crippen LogP contribution < -0.4 is 4.90 Å². The fourth-order valence-corrected chi connectivity index (χ4v) is 1.62. The van der Waals surface area contributed by atoms with Crippen LogP contribution in [0.25, 0.3) is 10.9 Å². The Morgan fingerprint density at radius 2 is 2.13 bits per heavy atom. The van der Waals surface area contributed by atoms with E-state index < -0.39 is 0 Å². The normalized spacial score (nSPS) is 10.2. The van der Waals surface area contributed by atoms with Gasteiger partial charge in [-0.15, -0.1) is 0 Å². The van der Waals surface area contributed by atoms with Gasteiger partial charge in [0.25, 0.3) is 0 Å². The summed E-state index contributed by atoms with van der Waals surface area (Å²) in [5.41, 5.74) is 1.99. The molecule has 0 amide bonds. The van der Waals surface area contributed by atoms with E-state index in [1.807, 2.05) is 42.3 Å². The van der Waals surface area contributed by atoms with E-state index in [1.165, 1.54) is 0 Å². The molecule has 2 rings (SSSR count). The van der Waals surface area contributed by atoms with Gasteiger partial charge in [-0.1, -0.05) is 18.2 Å². The van der Waals surface area contributed by atoms with Crippen molar-refractivity contribution in [1.82, 2.24) is 4.98 Å². The smallest absolute Gasteiger partial charge is 0.139 e. The maximum atomic E-state index is 10.5. The first-order valence-corrected chi connectivity index (χ1v) is 4.81. The summed E-state index contributed by atoms with van der Waals surface area (Å²) in [6, 6.07) is 9.83. The van der Waals surface area contributed by atoms with Crippen molar-refractivity contribution < 1.29 is 4.79 Å². The fraction of sp³-hybridized carbons (Fsp3) is 0.167. The number of anilines is 1. The van der Waals surface area contributed by atoms with Crippen LogP contribution >= 0.6 is 0 Å². The lowest BCUT2D eigenvalue weighted by Crippen LogP contribution is -2.19. The van der Waals surface area contributed by atoms with Crippen LogP contribution in [0.15, 0.2) is 36.5 Å². The lowest BCUT2D eigenvalue weighted by atomic mass is 10.2. The second-order valence-corrected chi connectivity index (χ2v) is 3.39. The van der Waals surface area contributed by atoms with Crippen molar-refractivity contribution in [2.45, 2.75) is 0 Å². The molecule has 1 aromatic carbocycles. The van der Waals surface area contributed by atoms with Crippen LogP contribution in [0.3, 0.4) is 0 Å². The van der Waals surface area contributed by atoms with Crippen molar-refractivity contribution in [3.05, 3.63) is 36.5 Å². The molecule has 0 unspecified atom stereocenters. The van der Waals surface area contributed by atoms with Crippen LogP contribution in [-0.2, 0) is 4.79 Å². The summed E-state index contributed by atoms with van der Waals surface area (Å²) in [7, 11) is 1.90. The van der Waals surface area contributed by atoms with Crippen molar-refractivity contribution in [2.24, 2.45) is 0 Å². The molecule has 0 N–H and O–H groups in total. The van der Waals surface area contributed by atoms with Crippen LogP contribution in [0.1, 0.15) is 0 Å². The molecular formula is C12H12N2O. The molecule has 0 bridgehead atoms. The van der Waals surface area contributed by atoms with Gasteiger partial charge >= 0.3 is 0 Å². The molecule has 0 atom stereocenters. The van der Waals surface area contributed by atoms with Crippen LogP contribution in [0, 0.1) is 0 Å². The molecule has 0 fully saturated rings. The summed E-state index contributed by atoms with van der Waals surface area (Å²) in [6.45, 7) is 0.397. The number of hydrogen-bond donors (Lipinski definition) is 0. The summed E-state index contributed by atoms with van der Waals surface area (Å²) in [5.74, 6) is 0. The van der Waals surface area contributed by atoms with Gasteiger partial charge in [-0.3, -0.25) is 4.98 Å². The van der Waals surface area contributed by atoms with Gasteiger partial charge in [0.15, 0.2) is 0 Å². The molecule has 1 aromatic heterocycles. The van der Waals surface area contributed by atoms with E-state index in [2.05, 4.69) is 4.98 Å². The summed E-state index contributed by atoms with van der Waals surface area (Å²) in [5, 5.41) is 1.07. The van der Waals surface area contributed by atoms with Gasteiger partial charge in [0.1, 0.15) is 6.29 Å². The van der Waals surface area contributed by atoms with Crippen LogP contribution in [0.4, 0.5) is 5.69 Å². The minimum atomic E-state index is 0.397. The number of benzene rings is 1. The Bertz CT molecular complexity index is 477. The average Bonchev–Trinajstić information content (AvgIpc) is 2.28. The van der Waals surface area contributed by atoms with Gasteiger partial charge in [-0.05, 0) is 12.1 Å². The van der Waals surface area contributed by atoms with Gasteiger partial charge in [-0.2, -0.15) is 0 Å². The topological polar surface area (TPSA) is 33.2 Å². The van der Waals surface area contributed by atoms with Gasteiger partial charge in [-0.25, -0.2) is 0 Å². The van der Waals surface area contributed by atoms with E-state index >= 15 is 0 Å². The third kappa shape index (κ3) is 1.81. The SMILES string of the molecule is CN(CC=O)c1ccnc2ccccc12. The number of pyridine rings is 1. The van der Waals surface area contributed by atoms with E-state index in [0.717, 1.165) is 22.9 Å². The van der Waals surface area contributed by atoms with Crippen LogP contribution in [0.5, 0.6) is 0 Å². The zero-order chi connectivity index (χ0) is 10.7. The molecule has 0 radical (unpaired) electrons. The number of likely N-dealkylation sites (N-methyl/N-ethyl adjacent to an activating group) is 1. The zero-order valence-electron chi connectivity index (χ0n) is 8.55. The van der Waals surface area contributed by atoms with E-state index in [9.17, 15) is 4.79 Å². The Morgan fingerprint density at radius 3 is 2.93 bits per heavy atom. The van der Waals surface area contributed by atoms with Crippen molar-refractivity contribution in [3.63, 3.8) is 0 Å². The van der Waals surface area contributed by atoms with Gasteiger partial charge in [0, 0.05) is 24.3 Å². The molecule has 0 spiro atoms. The van der Waals surface area contributed by atoms with E-state index in [-0.39, 0.29) is 0 Å². The number of aromatic nitrogens is 1. The third-order valence-electron chi connectivity index (χ3n) is 2.39. The van der Waals surface area contributed by atoms with Crippen LogP contribution in [-0.4, -0.2) is 24.9 Å². The number of rotatable bonds is 3. The monoisotopic (exact) mass is 200 g/mol. The number of fused-ring (bicyclic) bond motifs is 1. The number of hydrogen-bond acceptors (Lipinski definition) is 3. The molecular weight excluding hydrogens is 188 g/mol. The first-order valence-electron chi connectivity index (χ1n) is 4.81. The van der Waals surface area contributed by atoms with Crippen molar-refractivity contribution in [3.8, 4) is 0 Å². The zero-order valence-corrected chi connectivity index (χ0v) is 8.55. The Labute approximate surface area is 88.3 Å². The second-order valence-electron chi connectivity index (χ2n) is 3.39. The highest BCUT2D eigenvalue weighted by atomic mass is 16.1. The lowest BCUT2D eigenvalue weighted by molar-refractivity contribution is -0.106. The van der Waals surface area contributed by atoms with Gasteiger partial charge in [0.2, 0.25) is 0 Å². The first-order chi connectivity index (χ1) is 7.33. The van der Waals surface area contributed by atoms with Crippen molar-refractivity contribution >= 4 is 22.9 Å². The molecule has 0 aliphatic carbocycles. The highest BCUT2D eigenvalue weighted by molar-refractivity contribution is 5.91. The van der Waals surface area contributed by atoms with Crippen molar-refractivity contribution in [1.29, 1.82) is 0 Å². The van der Waals surface area contributed by atoms with Crippen molar-refractivity contribution in [2.75, 3.05) is 18.5 Å². The number of aldehydes is 1. The largest absolute Gasteiger partial charge is 0.367 e. The molecule has 15 heavy (non-hydrogen) atoms. The standard InChI is InChI=1S/C12H12N2O/c1-14(8-9-15)12-6-7-13-11-5-3-2-4-10(11)12/h2-7,9H,8H2,1H3. The Kier molecular flexibility index (Phi) is 2.63. The average molecular weight is 200 g/mol. The molecule has 1 heterocycles. The fourth-order valence-electron chi connectivity index (χ4n) is 1.62. The van der Waals surface area contributed by atoms with E-state index in [1.54, 1.807) is 6.20 Å². The maximum absolute atomic E-state index is 10.5. The Balaban J connectivity index is 2.55. The number of para-hydroxylation sites is 1. The summed E-state index contributed by atoms with van der Waals surface area (Å²) in [4.78, 5) is 16.7. The summed E-state index contributed by atoms with van der Waals surface area (Å²) >= 11 is 0. The molecule has 0 aliphatic rings. The lowest BCUT2D eigenvalue weighted by Gasteiger charge is -2.17.